The van der Waals surface area contributed by atoms with Gasteiger partial charge in [0.05, 0.1) is 0 Å². The van der Waals surface area contributed by atoms with Crippen LogP contribution in [0.5, 0.6) is 0 Å². The Morgan fingerprint density at radius 3 is 0.719 bits per heavy atom. The summed E-state index contributed by atoms with van der Waals surface area (Å²) < 4.78 is 26.3. The van der Waals surface area contributed by atoms with Gasteiger partial charge in [-0.2, -0.15) is 0 Å². The molecular formula is C57H52O3Si4. The van der Waals surface area contributed by atoms with Crippen molar-refractivity contribution in [3.05, 3.63) is 273 Å². The molecule has 0 fully saturated rings. The van der Waals surface area contributed by atoms with Gasteiger partial charge in [-0.15, -0.1) is 0 Å². The van der Waals surface area contributed by atoms with Crippen molar-refractivity contribution in [2.45, 2.75) is 19.4 Å². The third-order valence-electron chi connectivity index (χ3n) is 12.1. The summed E-state index contributed by atoms with van der Waals surface area (Å²) in [7, 11) is -14.7. The molecule has 0 spiro atoms. The molecule has 0 heterocycles. The second kappa shape index (κ2) is 19.6. The lowest BCUT2D eigenvalue weighted by atomic mass is 10.3. The Bertz CT molecular complexity index is 2570. The molecule has 0 bridgehead atoms. The van der Waals surface area contributed by atoms with Gasteiger partial charge in [0, 0.05) is 0 Å². The molecule has 0 aromatic heterocycles. The Hall–Kier alpha value is -6.27. The van der Waals surface area contributed by atoms with Crippen molar-refractivity contribution in [3.8, 4) is 0 Å². The minimum atomic E-state index is -4.04. The average molecular weight is 897 g/mol. The summed E-state index contributed by atoms with van der Waals surface area (Å²) in [4.78, 5) is 0. The first-order chi connectivity index (χ1) is 31.6. The van der Waals surface area contributed by atoms with Gasteiger partial charge in [-0.25, -0.2) is 0 Å². The largest absolute Gasteiger partial charge is 0.422 e. The van der Waals surface area contributed by atoms with Crippen molar-refractivity contribution in [2.24, 2.45) is 0 Å². The molecule has 3 nitrogen and oxygen atoms in total. The predicted molar refractivity (Wildman–Crippen MR) is 276 cm³/mol. The smallest absolute Gasteiger partial charge is 0.389 e. The van der Waals surface area contributed by atoms with Crippen LogP contribution < -0.4 is 46.7 Å². The van der Waals surface area contributed by atoms with E-state index in [4.69, 9.17) is 12.3 Å². The maximum absolute atomic E-state index is 8.84. The normalized spacial score (nSPS) is 12.1. The molecule has 0 saturated carbocycles. The van der Waals surface area contributed by atoms with Crippen LogP contribution in [0.4, 0.5) is 0 Å². The van der Waals surface area contributed by atoms with E-state index >= 15 is 0 Å². The minimum absolute atomic E-state index is 0.849. The lowest BCUT2D eigenvalue weighted by Crippen LogP contribution is -2.83. The molecule has 0 aliphatic heterocycles. The lowest BCUT2D eigenvalue weighted by molar-refractivity contribution is 0.360. The molecule has 7 heteroatoms. The Labute approximate surface area is 383 Å². The van der Waals surface area contributed by atoms with Crippen molar-refractivity contribution in [1.82, 2.24) is 0 Å². The fourth-order valence-corrected chi connectivity index (χ4v) is 31.4. The maximum Gasteiger partial charge on any atom is 0.389 e. The third-order valence-corrected chi connectivity index (χ3v) is 30.9. The fraction of sp³-hybridized carbons (Fsp3) is 0.0526. The van der Waals surface area contributed by atoms with E-state index in [2.05, 4.69) is 280 Å². The predicted octanol–water partition coefficient (Wildman–Crippen LogP) is 7.39. The summed E-state index contributed by atoms with van der Waals surface area (Å²) in [5.41, 5.74) is 0. The van der Waals surface area contributed by atoms with Crippen LogP contribution in [0.1, 0.15) is 13.3 Å². The minimum Gasteiger partial charge on any atom is -0.422 e. The summed E-state index contributed by atoms with van der Waals surface area (Å²) in [6, 6.07) is 98.6. The molecule has 0 N–H and O–H groups in total. The molecule has 0 radical (unpaired) electrons. The first-order valence-corrected chi connectivity index (χ1v) is 29.9. The SMILES string of the molecule is CCC[Si](O[Si](O[Si](O[Si](c1ccccc1)(c1ccccc1)c1ccccc1)(c1ccccc1)c1ccccc1)(c1ccccc1)c1ccccc1)(c1ccccc1)c1ccccc1. The van der Waals surface area contributed by atoms with Crippen LogP contribution >= 0.6 is 0 Å². The van der Waals surface area contributed by atoms with Crippen LogP contribution in [0, 0.1) is 0 Å². The lowest BCUT2D eigenvalue weighted by Gasteiger charge is -2.49. The number of hydrogen-bond acceptors (Lipinski definition) is 3. The zero-order valence-corrected chi connectivity index (χ0v) is 40.1. The molecule has 0 unspecified atom stereocenters. The summed E-state index contributed by atoms with van der Waals surface area (Å²) in [5.74, 6) is 0. The molecule has 314 valence electrons. The molecule has 0 atom stereocenters. The Balaban J connectivity index is 1.44. The Morgan fingerprint density at radius 1 is 0.250 bits per heavy atom. The van der Waals surface area contributed by atoms with Gasteiger partial charge < -0.3 is 12.3 Å². The van der Waals surface area contributed by atoms with Gasteiger partial charge in [0.15, 0.2) is 0 Å². The highest BCUT2D eigenvalue weighted by Crippen LogP contribution is 2.29. The fourth-order valence-electron chi connectivity index (χ4n) is 9.23. The van der Waals surface area contributed by atoms with Crippen molar-refractivity contribution >= 4 is 80.4 Å². The number of benzene rings is 9. The highest BCUT2D eigenvalue weighted by molar-refractivity contribution is 7.16. The van der Waals surface area contributed by atoms with Crippen LogP contribution in [-0.2, 0) is 12.3 Å². The molecular weight excluding hydrogens is 845 g/mol. The zero-order valence-electron chi connectivity index (χ0n) is 36.1. The zero-order chi connectivity index (χ0) is 43.6. The molecule has 9 rings (SSSR count). The van der Waals surface area contributed by atoms with Crippen molar-refractivity contribution in [2.75, 3.05) is 0 Å². The summed E-state index contributed by atoms with van der Waals surface area (Å²) in [6.45, 7) is 2.28. The summed E-state index contributed by atoms with van der Waals surface area (Å²) in [6.07, 6.45) is 0.923. The molecule has 9 aromatic rings. The number of hydrogen-bond donors (Lipinski definition) is 0. The average Bonchev–Trinajstić information content (AvgIpc) is 3.39. The van der Waals surface area contributed by atoms with E-state index < -0.39 is 33.8 Å². The van der Waals surface area contributed by atoms with E-state index in [1.807, 2.05) is 0 Å². The van der Waals surface area contributed by atoms with Crippen LogP contribution in [-0.4, -0.2) is 33.8 Å². The van der Waals surface area contributed by atoms with Gasteiger partial charge >= 0.3 is 17.1 Å². The highest BCUT2D eigenvalue weighted by Gasteiger charge is 2.61. The molecule has 64 heavy (non-hydrogen) atoms. The molecule has 9 aromatic carbocycles. The summed E-state index contributed by atoms with van der Waals surface area (Å²) >= 11 is 0. The van der Waals surface area contributed by atoms with Gasteiger partial charge in [-0.3, -0.25) is 0 Å². The van der Waals surface area contributed by atoms with Gasteiger partial charge in [0.2, 0.25) is 8.32 Å². The molecule has 0 aliphatic carbocycles. The van der Waals surface area contributed by atoms with Crippen LogP contribution in [0.15, 0.2) is 273 Å². The number of rotatable bonds is 17. The standard InChI is InChI=1S/C57H52O3Si4/c1-2-48-61(49-30-12-3-13-31-49,50-32-14-4-15-33-50)58-63(54-40-22-8-23-41-54,55-42-24-9-25-43-55)60-64(56-44-26-10-27-45-56,57-46-28-11-29-47-57)59-62(51-34-16-5-17-35-51,52-36-18-6-19-37-52)53-38-20-7-21-39-53/h3-47H,2,48H2,1H3. The maximum atomic E-state index is 8.84. The monoisotopic (exact) mass is 896 g/mol. The van der Waals surface area contributed by atoms with E-state index in [0.29, 0.717) is 0 Å². The Morgan fingerprint density at radius 2 is 0.469 bits per heavy atom. The van der Waals surface area contributed by atoms with Crippen molar-refractivity contribution in [3.63, 3.8) is 0 Å². The van der Waals surface area contributed by atoms with E-state index in [-0.39, 0.29) is 0 Å². The Kier molecular flexibility index (Phi) is 13.2. The molecule has 0 amide bonds. The summed E-state index contributed by atoms with van der Waals surface area (Å²) in [5, 5.41) is 9.90. The van der Waals surface area contributed by atoms with Gasteiger partial charge in [0.1, 0.15) is 0 Å². The second-order valence-corrected chi connectivity index (χ2v) is 29.7. The molecule has 0 saturated heterocycles. The van der Waals surface area contributed by atoms with E-state index in [0.717, 1.165) is 48.8 Å². The first kappa shape index (κ1) is 43.0. The third kappa shape index (κ3) is 8.31. The van der Waals surface area contributed by atoms with E-state index in [1.54, 1.807) is 0 Å². The van der Waals surface area contributed by atoms with Crippen LogP contribution in [0.3, 0.4) is 0 Å². The van der Waals surface area contributed by atoms with E-state index in [9.17, 15) is 0 Å². The van der Waals surface area contributed by atoms with Crippen LogP contribution in [0.25, 0.3) is 0 Å². The topological polar surface area (TPSA) is 27.7 Å². The van der Waals surface area contributed by atoms with Gasteiger partial charge in [-0.1, -0.05) is 286 Å². The van der Waals surface area contributed by atoms with Crippen molar-refractivity contribution < 1.29 is 12.3 Å². The highest BCUT2D eigenvalue weighted by atomic mass is 28.5. The van der Waals surface area contributed by atoms with Gasteiger partial charge in [-0.05, 0) is 52.7 Å². The van der Waals surface area contributed by atoms with Gasteiger partial charge in [0.25, 0.3) is 8.32 Å². The molecule has 0 aliphatic rings. The van der Waals surface area contributed by atoms with E-state index in [1.165, 1.54) is 10.4 Å². The first-order valence-electron chi connectivity index (χ1n) is 22.2. The van der Waals surface area contributed by atoms with Crippen LogP contribution in [0.2, 0.25) is 6.04 Å². The quantitative estimate of drug-likeness (QED) is 0.0706. The second-order valence-electron chi connectivity index (χ2n) is 16.1. The van der Waals surface area contributed by atoms with Crippen molar-refractivity contribution in [1.29, 1.82) is 0 Å².